The molecular formula is C20H19N3O. The molecule has 0 bridgehead atoms. The van der Waals surface area contributed by atoms with Crippen molar-refractivity contribution in [2.75, 3.05) is 13.1 Å². The smallest absolute Gasteiger partial charge is 0.253 e. The zero-order valence-electron chi connectivity index (χ0n) is 13.4. The first-order valence-electron chi connectivity index (χ1n) is 8.23. The Bertz CT molecular complexity index is 824. The van der Waals surface area contributed by atoms with Crippen molar-refractivity contribution in [1.29, 1.82) is 0 Å². The van der Waals surface area contributed by atoms with E-state index in [9.17, 15) is 0 Å². The van der Waals surface area contributed by atoms with Crippen LogP contribution >= 0.6 is 0 Å². The molecule has 3 aromatic rings. The van der Waals surface area contributed by atoms with Gasteiger partial charge in [0.1, 0.15) is 0 Å². The highest BCUT2D eigenvalue weighted by Crippen LogP contribution is 2.24. The second-order valence-corrected chi connectivity index (χ2v) is 5.99. The van der Waals surface area contributed by atoms with Crippen LogP contribution in [0.15, 0.2) is 71.3 Å². The van der Waals surface area contributed by atoms with Crippen LogP contribution in [0.1, 0.15) is 17.9 Å². The lowest BCUT2D eigenvalue weighted by Crippen LogP contribution is -2.28. The Kier molecular flexibility index (Phi) is 4.21. The van der Waals surface area contributed by atoms with Crippen LogP contribution in [0.25, 0.3) is 17.0 Å². The monoisotopic (exact) mass is 317 g/mol. The molecule has 0 aliphatic carbocycles. The molecule has 120 valence electrons. The molecule has 0 saturated heterocycles. The van der Waals surface area contributed by atoms with E-state index < -0.39 is 0 Å². The summed E-state index contributed by atoms with van der Waals surface area (Å²) in [5, 5.41) is 4.11. The Balaban J connectivity index is 1.44. The topological polar surface area (TPSA) is 42.2 Å². The van der Waals surface area contributed by atoms with Gasteiger partial charge in [-0.05, 0) is 12.0 Å². The summed E-state index contributed by atoms with van der Waals surface area (Å²) in [6.45, 7) is 2.89. The lowest BCUT2D eigenvalue weighted by molar-refractivity contribution is 0.291. The van der Waals surface area contributed by atoms with E-state index in [0.29, 0.717) is 11.7 Å². The van der Waals surface area contributed by atoms with Crippen LogP contribution in [0.3, 0.4) is 0 Å². The Hall–Kier alpha value is -2.72. The molecule has 0 fully saturated rings. The van der Waals surface area contributed by atoms with E-state index in [1.165, 1.54) is 5.56 Å². The minimum atomic E-state index is 0.646. The molecule has 2 heterocycles. The van der Waals surface area contributed by atoms with E-state index in [4.69, 9.17) is 4.52 Å². The van der Waals surface area contributed by atoms with Crippen LogP contribution < -0.4 is 0 Å². The second kappa shape index (κ2) is 6.81. The molecule has 2 aromatic carbocycles. The summed E-state index contributed by atoms with van der Waals surface area (Å²) in [6.07, 6.45) is 3.14. The highest BCUT2D eigenvalue weighted by molar-refractivity contribution is 5.62. The van der Waals surface area contributed by atoms with Gasteiger partial charge in [0.05, 0.1) is 0 Å². The molecule has 4 nitrogen and oxygen atoms in total. The molecule has 1 aromatic heterocycles. The zero-order valence-corrected chi connectivity index (χ0v) is 13.4. The van der Waals surface area contributed by atoms with E-state index in [-0.39, 0.29) is 0 Å². The fourth-order valence-electron chi connectivity index (χ4n) is 2.95. The average Bonchev–Trinajstić information content (AvgIpc) is 3.14. The molecule has 4 heteroatoms. The van der Waals surface area contributed by atoms with Crippen LogP contribution in [-0.4, -0.2) is 28.1 Å². The van der Waals surface area contributed by atoms with Gasteiger partial charge in [0.15, 0.2) is 0 Å². The summed E-state index contributed by atoms with van der Waals surface area (Å²) in [5.74, 6) is 1.30. The Morgan fingerprint density at radius 2 is 1.71 bits per heavy atom. The molecule has 0 N–H and O–H groups in total. The molecule has 0 spiro atoms. The predicted molar refractivity (Wildman–Crippen MR) is 94.0 cm³/mol. The number of nitrogens with zero attached hydrogens (tertiary/aromatic N) is 3. The molecular weight excluding hydrogens is 298 g/mol. The summed E-state index contributed by atoms with van der Waals surface area (Å²) >= 11 is 0. The summed E-state index contributed by atoms with van der Waals surface area (Å²) in [5.41, 5.74) is 3.47. The van der Waals surface area contributed by atoms with Crippen LogP contribution in [0.2, 0.25) is 0 Å². The maximum atomic E-state index is 5.46. The van der Waals surface area contributed by atoms with Crippen molar-refractivity contribution in [3.63, 3.8) is 0 Å². The highest BCUT2D eigenvalue weighted by atomic mass is 16.5. The van der Waals surface area contributed by atoms with Crippen LogP contribution in [0.4, 0.5) is 0 Å². The Morgan fingerprint density at radius 1 is 0.958 bits per heavy atom. The summed E-state index contributed by atoms with van der Waals surface area (Å²) in [6, 6.07) is 20.5. The maximum Gasteiger partial charge on any atom is 0.253 e. The third-order valence-electron chi connectivity index (χ3n) is 4.27. The Labute approximate surface area is 141 Å². The lowest BCUT2D eigenvalue weighted by Gasteiger charge is -2.25. The first-order valence-corrected chi connectivity index (χ1v) is 8.23. The summed E-state index contributed by atoms with van der Waals surface area (Å²) in [7, 11) is 0. The van der Waals surface area contributed by atoms with E-state index in [1.54, 1.807) is 0 Å². The molecule has 0 atom stereocenters. The summed E-state index contributed by atoms with van der Waals surface area (Å²) < 4.78 is 5.46. The third kappa shape index (κ3) is 3.29. The van der Waals surface area contributed by atoms with Crippen LogP contribution in [0.5, 0.6) is 0 Å². The van der Waals surface area contributed by atoms with Crippen molar-refractivity contribution in [2.24, 2.45) is 0 Å². The van der Waals surface area contributed by atoms with Gasteiger partial charge >= 0.3 is 0 Å². The molecule has 1 aliphatic rings. The molecule has 0 saturated carbocycles. The first kappa shape index (κ1) is 14.8. The van der Waals surface area contributed by atoms with E-state index in [1.807, 2.05) is 30.3 Å². The zero-order chi connectivity index (χ0) is 16.2. The first-order chi connectivity index (χ1) is 11.9. The predicted octanol–water partition coefficient (Wildman–Crippen LogP) is 4.03. The minimum absolute atomic E-state index is 0.646. The van der Waals surface area contributed by atoms with E-state index in [2.05, 4.69) is 51.4 Å². The standard InChI is InChI=1S/C20H19N3O/c1-3-7-16(8-4-1)15-23-13-11-18(12-14-23)20-21-19(22-24-20)17-9-5-2-6-10-17/h1-11H,12-15H2. The van der Waals surface area contributed by atoms with Crippen molar-refractivity contribution >= 4 is 5.57 Å². The molecule has 1 aliphatic heterocycles. The minimum Gasteiger partial charge on any atom is -0.334 e. The average molecular weight is 317 g/mol. The molecule has 0 amide bonds. The van der Waals surface area contributed by atoms with Crippen molar-refractivity contribution in [2.45, 2.75) is 13.0 Å². The molecule has 4 rings (SSSR count). The van der Waals surface area contributed by atoms with Gasteiger partial charge in [0, 0.05) is 30.8 Å². The van der Waals surface area contributed by atoms with Crippen molar-refractivity contribution in [3.8, 4) is 11.4 Å². The quantitative estimate of drug-likeness (QED) is 0.729. The van der Waals surface area contributed by atoms with Gasteiger partial charge < -0.3 is 4.52 Å². The number of hydrogen-bond acceptors (Lipinski definition) is 4. The van der Waals surface area contributed by atoms with Gasteiger partial charge in [-0.15, -0.1) is 0 Å². The molecule has 24 heavy (non-hydrogen) atoms. The van der Waals surface area contributed by atoms with Gasteiger partial charge in [-0.2, -0.15) is 4.98 Å². The highest BCUT2D eigenvalue weighted by Gasteiger charge is 2.18. The fraction of sp³-hybridized carbons (Fsp3) is 0.200. The van der Waals surface area contributed by atoms with E-state index >= 15 is 0 Å². The van der Waals surface area contributed by atoms with Crippen molar-refractivity contribution in [1.82, 2.24) is 15.0 Å². The van der Waals surface area contributed by atoms with Gasteiger partial charge in [0.2, 0.25) is 5.82 Å². The third-order valence-corrected chi connectivity index (χ3v) is 4.27. The lowest BCUT2D eigenvalue weighted by atomic mass is 10.1. The fourth-order valence-corrected chi connectivity index (χ4v) is 2.95. The Morgan fingerprint density at radius 3 is 2.42 bits per heavy atom. The maximum absolute atomic E-state index is 5.46. The van der Waals surface area contributed by atoms with Gasteiger partial charge in [-0.25, -0.2) is 0 Å². The SMILES string of the molecule is C1=C(c2nc(-c3ccccc3)no2)CCN(Cc2ccccc2)C1. The second-order valence-electron chi connectivity index (χ2n) is 5.99. The van der Waals surface area contributed by atoms with Gasteiger partial charge in [0.25, 0.3) is 5.89 Å². The van der Waals surface area contributed by atoms with Crippen LogP contribution in [-0.2, 0) is 6.54 Å². The normalized spacial score (nSPS) is 15.2. The summed E-state index contributed by atoms with van der Waals surface area (Å²) in [4.78, 5) is 6.97. The molecule has 0 unspecified atom stereocenters. The van der Waals surface area contributed by atoms with Crippen molar-refractivity contribution < 1.29 is 4.52 Å². The van der Waals surface area contributed by atoms with Gasteiger partial charge in [-0.3, -0.25) is 4.90 Å². The van der Waals surface area contributed by atoms with E-state index in [0.717, 1.165) is 37.2 Å². The number of aromatic nitrogens is 2. The number of benzene rings is 2. The molecule has 0 radical (unpaired) electrons. The number of hydrogen-bond donors (Lipinski definition) is 0. The largest absolute Gasteiger partial charge is 0.334 e. The van der Waals surface area contributed by atoms with Gasteiger partial charge in [-0.1, -0.05) is 71.9 Å². The van der Waals surface area contributed by atoms with Crippen molar-refractivity contribution in [3.05, 3.63) is 78.2 Å². The van der Waals surface area contributed by atoms with Crippen LogP contribution in [0, 0.1) is 0 Å². The number of rotatable bonds is 4.